The molecule has 8 heteroatoms. The molecule has 1 amide bonds. The second-order valence-corrected chi connectivity index (χ2v) is 4.28. The van der Waals surface area contributed by atoms with Crippen LogP contribution in [0.5, 0.6) is 5.75 Å². The van der Waals surface area contributed by atoms with Crippen LogP contribution in [0.25, 0.3) is 0 Å². The molecule has 0 bridgehead atoms. The molecule has 1 heterocycles. The predicted octanol–water partition coefficient (Wildman–Crippen LogP) is 1.72. The summed E-state index contributed by atoms with van der Waals surface area (Å²) in [5.41, 5.74) is 0.228. The van der Waals surface area contributed by atoms with E-state index in [1.165, 1.54) is 19.2 Å². The zero-order chi connectivity index (χ0) is 13.8. The van der Waals surface area contributed by atoms with E-state index >= 15 is 0 Å². The van der Waals surface area contributed by atoms with Crippen LogP contribution in [0, 0.1) is 10.1 Å². The van der Waals surface area contributed by atoms with Crippen molar-refractivity contribution in [1.29, 1.82) is 0 Å². The van der Waals surface area contributed by atoms with Crippen molar-refractivity contribution >= 4 is 29.7 Å². The number of rotatable bonds is 4. The Balaban J connectivity index is 0.00000200. The summed E-state index contributed by atoms with van der Waals surface area (Å²) in [6.07, 6.45) is 1.74. The Morgan fingerprint density at radius 1 is 1.55 bits per heavy atom. The van der Waals surface area contributed by atoms with Gasteiger partial charge in [-0.05, 0) is 31.5 Å². The minimum atomic E-state index is -0.539. The second-order valence-electron chi connectivity index (χ2n) is 4.28. The minimum Gasteiger partial charge on any atom is -0.490 e. The molecule has 1 unspecified atom stereocenters. The quantitative estimate of drug-likeness (QED) is 0.652. The van der Waals surface area contributed by atoms with Gasteiger partial charge in [0.25, 0.3) is 0 Å². The van der Waals surface area contributed by atoms with Gasteiger partial charge in [0.1, 0.15) is 0 Å². The summed E-state index contributed by atoms with van der Waals surface area (Å²) < 4.78 is 4.90. The summed E-state index contributed by atoms with van der Waals surface area (Å²) in [6.45, 7) is 0.820. The second kappa shape index (κ2) is 7.06. The summed E-state index contributed by atoms with van der Waals surface area (Å²) in [6, 6.07) is 4.13. The van der Waals surface area contributed by atoms with Crippen LogP contribution in [-0.4, -0.2) is 30.5 Å². The van der Waals surface area contributed by atoms with Crippen LogP contribution < -0.4 is 15.4 Å². The number of anilines is 1. The molecule has 0 saturated carbocycles. The van der Waals surface area contributed by atoms with E-state index in [-0.39, 0.29) is 35.8 Å². The van der Waals surface area contributed by atoms with Gasteiger partial charge in [-0.2, -0.15) is 0 Å². The topological polar surface area (TPSA) is 93.5 Å². The number of carbonyl (C=O) groups excluding carboxylic acids is 1. The molecule has 110 valence electrons. The van der Waals surface area contributed by atoms with Gasteiger partial charge in [0.2, 0.25) is 5.91 Å². The standard InChI is InChI=1S/C12H15N3O4.ClH/c1-19-11-5-4-8(7-10(11)15(17)18)14-12(16)9-3-2-6-13-9;/h4-5,7,9,13H,2-3,6H2,1H3,(H,14,16);1H. The fourth-order valence-corrected chi connectivity index (χ4v) is 2.05. The Morgan fingerprint density at radius 2 is 2.30 bits per heavy atom. The number of ether oxygens (including phenoxy) is 1. The summed E-state index contributed by atoms with van der Waals surface area (Å²) >= 11 is 0. The lowest BCUT2D eigenvalue weighted by Crippen LogP contribution is -2.35. The van der Waals surface area contributed by atoms with Gasteiger partial charge in [-0.3, -0.25) is 14.9 Å². The van der Waals surface area contributed by atoms with Gasteiger partial charge in [-0.25, -0.2) is 0 Å². The summed E-state index contributed by atoms with van der Waals surface area (Å²) in [5, 5.41) is 16.6. The number of hydrogen-bond acceptors (Lipinski definition) is 5. The number of hydrogen-bond donors (Lipinski definition) is 2. The highest BCUT2D eigenvalue weighted by molar-refractivity contribution is 5.95. The van der Waals surface area contributed by atoms with E-state index in [0.29, 0.717) is 5.69 Å². The zero-order valence-corrected chi connectivity index (χ0v) is 11.7. The third kappa shape index (κ3) is 3.58. The number of nitrogens with zero attached hydrogens (tertiary/aromatic N) is 1. The van der Waals surface area contributed by atoms with Crippen molar-refractivity contribution in [3.63, 3.8) is 0 Å². The van der Waals surface area contributed by atoms with Crippen molar-refractivity contribution in [3.05, 3.63) is 28.3 Å². The van der Waals surface area contributed by atoms with Crippen molar-refractivity contribution < 1.29 is 14.5 Å². The highest BCUT2D eigenvalue weighted by atomic mass is 35.5. The van der Waals surface area contributed by atoms with Crippen LogP contribution in [0.3, 0.4) is 0 Å². The molecule has 1 saturated heterocycles. The van der Waals surface area contributed by atoms with E-state index in [1.807, 2.05) is 0 Å². The molecule has 7 nitrogen and oxygen atoms in total. The van der Waals surface area contributed by atoms with Crippen LogP contribution in [-0.2, 0) is 4.79 Å². The van der Waals surface area contributed by atoms with E-state index in [9.17, 15) is 14.9 Å². The number of benzene rings is 1. The van der Waals surface area contributed by atoms with Crippen LogP contribution in [0.1, 0.15) is 12.8 Å². The number of amides is 1. The lowest BCUT2D eigenvalue weighted by molar-refractivity contribution is -0.385. The van der Waals surface area contributed by atoms with Crippen LogP contribution in [0.2, 0.25) is 0 Å². The monoisotopic (exact) mass is 301 g/mol. The molecule has 1 aliphatic heterocycles. The lowest BCUT2D eigenvalue weighted by Gasteiger charge is -2.11. The Hall–Kier alpha value is -1.86. The normalized spacial score (nSPS) is 17.1. The van der Waals surface area contributed by atoms with Crippen LogP contribution in [0.15, 0.2) is 18.2 Å². The smallest absolute Gasteiger partial charge is 0.312 e. The molecular weight excluding hydrogens is 286 g/mol. The third-order valence-electron chi connectivity index (χ3n) is 3.02. The first-order valence-corrected chi connectivity index (χ1v) is 5.98. The molecule has 1 atom stereocenters. The average molecular weight is 302 g/mol. The Morgan fingerprint density at radius 3 is 2.85 bits per heavy atom. The third-order valence-corrected chi connectivity index (χ3v) is 3.02. The average Bonchev–Trinajstić information content (AvgIpc) is 2.92. The minimum absolute atomic E-state index is 0. The number of methoxy groups -OCH3 is 1. The maximum Gasteiger partial charge on any atom is 0.312 e. The van der Waals surface area contributed by atoms with Gasteiger partial charge in [-0.1, -0.05) is 0 Å². The molecule has 2 rings (SSSR count). The van der Waals surface area contributed by atoms with Gasteiger partial charge in [0.15, 0.2) is 5.75 Å². The van der Waals surface area contributed by atoms with Crippen LogP contribution in [0.4, 0.5) is 11.4 Å². The first-order valence-electron chi connectivity index (χ1n) is 5.98. The van der Waals surface area contributed by atoms with Crippen LogP contribution >= 0.6 is 12.4 Å². The largest absolute Gasteiger partial charge is 0.490 e. The number of nitrogens with one attached hydrogen (secondary N) is 2. The van der Waals surface area contributed by atoms with Gasteiger partial charge in [-0.15, -0.1) is 12.4 Å². The van der Waals surface area contributed by atoms with E-state index in [2.05, 4.69) is 10.6 Å². The van der Waals surface area contributed by atoms with Crippen molar-refractivity contribution in [1.82, 2.24) is 5.32 Å². The summed E-state index contributed by atoms with van der Waals surface area (Å²) in [7, 11) is 1.36. The fourth-order valence-electron chi connectivity index (χ4n) is 2.05. The lowest BCUT2D eigenvalue weighted by atomic mass is 10.2. The Labute approximate surface area is 122 Å². The SMILES string of the molecule is COc1ccc(NC(=O)C2CCCN2)cc1[N+](=O)[O-].Cl. The van der Waals surface area contributed by atoms with Gasteiger partial charge >= 0.3 is 5.69 Å². The summed E-state index contributed by atoms with van der Waals surface area (Å²) in [4.78, 5) is 22.2. The predicted molar refractivity (Wildman–Crippen MR) is 76.6 cm³/mol. The molecule has 20 heavy (non-hydrogen) atoms. The van der Waals surface area contributed by atoms with E-state index in [4.69, 9.17) is 4.74 Å². The van der Waals surface area contributed by atoms with E-state index < -0.39 is 4.92 Å². The molecular formula is C12H16ClN3O4. The first-order chi connectivity index (χ1) is 9.11. The summed E-state index contributed by atoms with van der Waals surface area (Å²) in [5.74, 6) is -0.000967. The van der Waals surface area contributed by atoms with E-state index in [1.54, 1.807) is 6.07 Å². The Kier molecular flexibility index (Phi) is 5.72. The molecule has 1 aliphatic rings. The molecule has 0 radical (unpaired) electrons. The number of nitro benzene ring substituents is 1. The van der Waals surface area contributed by atoms with Crippen molar-refractivity contribution in [2.75, 3.05) is 19.0 Å². The number of nitro groups is 1. The highest BCUT2D eigenvalue weighted by Crippen LogP contribution is 2.29. The zero-order valence-electron chi connectivity index (χ0n) is 10.9. The number of halogens is 1. The van der Waals surface area contributed by atoms with Gasteiger partial charge in [0, 0.05) is 11.8 Å². The molecule has 0 aromatic heterocycles. The molecule has 0 spiro atoms. The molecule has 0 aliphatic carbocycles. The maximum atomic E-state index is 11.9. The van der Waals surface area contributed by atoms with Crippen molar-refractivity contribution in [3.8, 4) is 5.75 Å². The van der Waals surface area contributed by atoms with Crippen molar-refractivity contribution in [2.24, 2.45) is 0 Å². The number of carbonyl (C=O) groups is 1. The Bertz CT molecular complexity index is 503. The fraction of sp³-hybridized carbons (Fsp3) is 0.417. The van der Waals surface area contributed by atoms with Gasteiger partial charge in [0.05, 0.1) is 18.1 Å². The van der Waals surface area contributed by atoms with E-state index in [0.717, 1.165) is 19.4 Å². The van der Waals surface area contributed by atoms with Gasteiger partial charge < -0.3 is 15.4 Å². The molecule has 1 fully saturated rings. The highest BCUT2D eigenvalue weighted by Gasteiger charge is 2.23. The molecule has 2 N–H and O–H groups in total. The molecule has 1 aromatic carbocycles. The molecule has 1 aromatic rings. The maximum absolute atomic E-state index is 11.9. The van der Waals surface area contributed by atoms with Crippen molar-refractivity contribution in [2.45, 2.75) is 18.9 Å². The first kappa shape index (κ1) is 16.2.